The third-order valence-corrected chi connectivity index (χ3v) is 4.52. The zero-order chi connectivity index (χ0) is 13.3. The lowest BCUT2D eigenvalue weighted by Crippen LogP contribution is -2.34. The molecule has 2 atom stereocenters. The molecule has 0 spiro atoms. The second-order valence-electron chi connectivity index (χ2n) is 3.35. The van der Waals surface area contributed by atoms with Crippen LogP contribution in [0.5, 0.6) is 0 Å². The molecule has 100 valence electrons. The highest BCUT2D eigenvalue weighted by atomic mass is 33.1. The maximum absolute atomic E-state index is 10.7. The van der Waals surface area contributed by atoms with Gasteiger partial charge in [0, 0.05) is 11.5 Å². The standard InChI is InChI=1S/C9H18N2O4S2/c1-11-7(9(14)15)3-5-17-16-4-2-6(10)8(12)13/h6-7,11H,2-5,10H2,1H3,(H,12,13)(H,14,15)/t6?,7-/m0/s1. The summed E-state index contributed by atoms with van der Waals surface area (Å²) in [5.41, 5.74) is 5.33. The van der Waals surface area contributed by atoms with Gasteiger partial charge in [-0.3, -0.25) is 9.59 Å². The predicted molar refractivity (Wildman–Crippen MR) is 70.2 cm³/mol. The third kappa shape index (κ3) is 8.31. The molecular formula is C9H18N2O4S2. The van der Waals surface area contributed by atoms with Crippen LogP contribution in [0.15, 0.2) is 0 Å². The van der Waals surface area contributed by atoms with E-state index in [9.17, 15) is 9.59 Å². The monoisotopic (exact) mass is 282 g/mol. The van der Waals surface area contributed by atoms with Gasteiger partial charge < -0.3 is 21.3 Å². The van der Waals surface area contributed by atoms with Crippen LogP contribution in [0.3, 0.4) is 0 Å². The summed E-state index contributed by atoms with van der Waals surface area (Å²) in [7, 11) is 4.66. The average Bonchev–Trinajstić information content (AvgIpc) is 2.27. The number of hydrogen-bond acceptors (Lipinski definition) is 6. The largest absolute Gasteiger partial charge is 0.480 e. The van der Waals surface area contributed by atoms with E-state index in [1.165, 1.54) is 21.6 Å². The number of carboxylic acids is 2. The molecule has 0 aromatic carbocycles. The number of hydrogen-bond donors (Lipinski definition) is 4. The molecule has 0 saturated heterocycles. The summed E-state index contributed by atoms with van der Waals surface area (Å²) in [6, 6.07) is -1.34. The van der Waals surface area contributed by atoms with Gasteiger partial charge in [0.15, 0.2) is 0 Å². The summed E-state index contributed by atoms with van der Waals surface area (Å²) in [5, 5.41) is 20.0. The van der Waals surface area contributed by atoms with E-state index >= 15 is 0 Å². The fraction of sp³-hybridized carbons (Fsp3) is 0.778. The van der Waals surface area contributed by atoms with E-state index in [4.69, 9.17) is 15.9 Å². The van der Waals surface area contributed by atoms with Crippen LogP contribution in [0.2, 0.25) is 0 Å². The lowest BCUT2D eigenvalue weighted by molar-refractivity contribution is -0.140. The molecule has 5 N–H and O–H groups in total. The van der Waals surface area contributed by atoms with Gasteiger partial charge in [-0.25, -0.2) is 0 Å². The first-order chi connectivity index (χ1) is 7.99. The summed E-state index contributed by atoms with van der Waals surface area (Å²) in [4.78, 5) is 21.1. The van der Waals surface area contributed by atoms with Crippen LogP contribution in [0, 0.1) is 0 Å². The third-order valence-electron chi connectivity index (χ3n) is 2.05. The lowest BCUT2D eigenvalue weighted by Gasteiger charge is -2.10. The van der Waals surface area contributed by atoms with Crippen LogP contribution >= 0.6 is 21.6 Å². The van der Waals surface area contributed by atoms with Crippen molar-refractivity contribution in [3.05, 3.63) is 0 Å². The molecule has 0 amide bonds. The van der Waals surface area contributed by atoms with E-state index in [-0.39, 0.29) is 0 Å². The van der Waals surface area contributed by atoms with Crippen LogP contribution in [-0.4, -0.2) is 52.8 Å². The molecule has 1 unspecified atom stereocenters. The van der Waals surface area contributed by atoms with Crippen molar-refractivity contribution in [2.24, 2.45) is 5.73 Å². The Morgan fingerprint density at radius 2 is 1.71 bits per heavy atom. The molecule has 0 rings (SSSR count). The van der Waals surface area contributed by atoms with Crippen molar-refractivity contribution in [2.45, 2.75) is 24.9 Å². The molecule has 0 fully saturated rings. The van der Waals surface area contributed by atoms with E-state index in [1.807, 2.05) is 0 Å². The van der Waals surface area contributed by atoms with Gasteiger partial charge in [-0.05, 0) is 19.9 Å². The van der Waals surface area contributed by atoms with Gasteiger partial charge in [-0.2, -0.15) is 0 Å². The van der Waals surface area contributed by atoms with Gasteiger partial charge in [0.25, 0.3) is 0 Å². The smallest absolute Gasteiger partial charge is 0.320 e. The molecule has 0 aliphatic rings. The zero-order valence-corrected chi connectivity index (χ0v) is 11.2. The lowest BCUT2D eigenvalue weighted by atomic mass is 10.2. The second-order valence-corrected chi connectivity index (χ2v) is 6.05. The molecule has 0 aromatic rings. The quantitative estimate of drug-likeness (QED) is 0.333. The molecule has 0 aliphatic carbocycles. The first kappa shape index (κ1) is 16.6. The van der Waals surface area contributed by atoms with E-state index in [2.05, 4.69) is 5.32 Å². The van der Waals surface area contributed by atoms with Crippen molar-refractivity contribution in [1.82, 2.24) is 5.32 Å². The first-order valence-corrected chi connectivity index (χ1v) is 7.60. The molecule has 6 nitrogen and oxygen atoms in total. The number of nitrogens with one attached hydrogen (secondary N) is 1. The van der Waals surface area contributed by atoms with Crippen LogP contribution in [0.4, 0.5) is 0 Å². The average molecular weight is 282 g/mol. The molecule has 0 saturated carbocycles. The molecule has 0 heterocycles. The normalized spacial score (nSPS) is 14.2. The first-order valence-electron chi connectivity index (χ1n) is 5.12. The Balaban J connectivity index is 3.46. The predicted octanol–water partition coefficient (Wildman–Crippen LogP) is 0.233. The summed E-state index contributed by atoms with van der Waals surface area (Å²) < 4.78 is 0. The minimum absolute atomic E-state index is 0.418. The van der Waals surface area contributed by atoms with Crippen LogP contribution in [0.1, 0.15) is 12.8 Å². The van der Waals surface area contributed by atoms with Gasteiger partial charge in [0.05, 0.1) is 0 Å². The zero-order valence-electron chi connectivity index (χ0n) is 9.59. The molecular weight excluding hydrogens is 264 g/mol. The Morgan fingerprint density at radius 3 is 2.12 bits per heavy atom. The van der Waals surface area contributed by atoms with E-state index < -0.39 is 24.0 Å². The highest BCUT2D eigenvalue weighted by Crippen LogP contribution is 2.23. The Hall–Kier alpha value is -0.440. The fourth-order valence-electron chi connectivity index (χ4n) is 0.974. The Bertz CT molecular complexity index is 253. The topological polar surface area (TPSA) is 113 Å². The number of likely N-dealkylation sites (N-methyl/N-ethyl adjacent to an activating group) is 1. The van der Waals surface area contributed by atoms with Gasteiger partial charge in [0.1, 0.15) is 12.1 Å². The number of carboxylic acid groups (broad SMARTS) is 2. The van der Waals surface area contributed by atoms with Gasteiger partial charge in [0.2, 0.25) is 0 Å². The summed E-state index contributed by atoms with van der Waals surface area (Å²) in [6.45, 7) is 0. The highest BCUT2D eigenvalue weighted by molar-refractivity contribution is 8.76. The van der Waals surface area contributed by atoms with Gasteiger partial charge >= 0.3 is 11.9 Å². The summed E-state index contributed by atoms with van der Waals surface area (Å²) in [6.07, 6.45) is 0.954. The van der Waals surface area contributed by atoms with Crippen LogP contribution in [-0.2, 0) is 9.59 Å². The van der Waals surface area contributed by atoms with E-state index in [1.54, 1.807) is 7.05 Å². The number of rotatable bonds is 10. The Kier molecular flexibility index (Phi) is 9.33. The number of aliphatic carboxylic acids is 2. The summed E-state index contributed by atoms with van der Waals surface area (Å²) in [5.74, 6) is -0.497. The molecule has 0 aromatic heterocycles. The summed E-state index contributed by atoms with van der Waals surface area (Å²) >= 11 is 0. The Morgan fingerprint density at radius 1 is 1.18 bits per heavy atom. The number of carbonyl (C=O) groups is 2. The molecule has 0 bridgehead atoms. The Labute approximate surface area is 108 Å². The van der Waals surface area contributed by atoms with Crippen molar-refractivity contribution in [1.29, 1.82) is 0 Å². The molecule has 8 heteroatoms. The highest BCUT2D eigenvalue weighted by Gasteiger charge is 2.14. The van der Waals surface area contributed by atoms with E-state index in [0.29, 0.717) is 24.3 Å². The SMILES string of the molecule is CN[C@@H](CCSSCCC(N)C(=O)O)C(=O)O. The van der Waals surface area contributed by atoms with Crippen molar-refractivity contribution < 1.29 is 19.8 Å². The maximum Gasteiger partial charge on any atom is 0.320 e. The molecule has 17 heavy (non-hydrogen) atoms. The van der Waals surface area contributed by atoms with E-state index in [0.717, 1.165) is 0 Å². The van der Waals surface area contributed by atoms with Gasteiger partial charge in [-0.15, -0.1) is 0 Å². The minimum Gasteiger partial charge on any atom is -0.480 e. The van der Waals surface area contributed by atoms with Crippen molar-refractivity contribution >= 4 is 33.5 Å². The van der Waals surface area contributed by atoms with Gasteiger partial charge in [-0.1, -0.05) is 21.6 Å². The minimum atomic E-state index is -0.989. The van der Waals surface area contributed by atoms with Crippen molar-refractivity contribution in [3.8, 4) is 0 Å². The molecule has 0 radical (unpaired) electrons. The fourth-order valence-corrected chi connectivity index (χ4v) is 3.18. The second kappa shape index (κ2) is 9.58. The maximum atomic E-state index is 10.7. The van der Waals surface area contributed by atoms with Crippen LogP contribution < -0.4 is 11.1 Å². The van der Waals surface area contributed by atoms with Crippen LogP contribution in [0.25, 0.3) is 0 Å². The van der Waals surface area contributed by atoms with Crippen molar-refractivity contribution in [3.63, 3.8) is 0 Å². The molecule has 0 aliphatic heterocycles. The van der Waals surface area contributed by atoms with Crippen molar-refractivity contribution in [2.75, 3.05) is 18.6 Å². The number of nitrogens with two attached hydrogens (primary N) is 1.